The Kier molecular flexibility index (Phi) is 7.64. The Morgan fingerprint density at radius 2 is 1.90 bits per heavy atom. The molecule has 1 unspecified atom stereocenters. The van der Waals surface area contributed by atoms with E-state index in [1.165, 1.54) is 0 Å². The molecule has 2 aromatic rings. The molecule has 0 saturated carbocycles. The fourth-order valence-corrected chi connectivity index (χ4v) is 3.21. The summed E-state index contributed by atoms with van der Waals surface area (Å²) in [6.07, 6.45) is 0.927. The standard InChI is InChI=1S/C23H28N2O4/c1-18-9-11-20(12-10-18)29-17-22(26)24-13-5-8-23(27)25-14-15-28-21(16-25)19-6-3-2-4-7-19/h2-4,6-7,9-12,21H,5,8,13-17H2,1H3,(H,24,26). The second-order valence-corrected chi connectivity index (χ2v) is 7.17. The number of benzene rings is 2. The van der Waals surface area contributed by atoms with E-state index < -0.39 is 0 Å². The second-order valence-electron chi connectivity index (χ2n) is 7.17. The highest BCUT2D eigenvalue weighted by Crippen LogP contribution is 2.22. The normalized spacial score (nSPS) is 16.3. The van der Waals surface area contributed by atoms with Gasteiger partial charge in [-0.2, -0.15) is 0 Å². The monoisotopic (exact) mass is 396 g/mol. The van der Waals surface area contributed by atoms with Gasteiger partial charge in [0.25, 0.3) is 5.91 Å². The number of nitrogens with zero attached hydrogens (tertiary/aromatic N) is 1. The van der Waals surface area contributed by atoms with Crippen molar-refractivity contribution in [2.24, 2.45) is 0 Å². The van der Waals surface area contributed by atoms with Gasteiger partial charge in [0.2, 0.25) is 5.91 Å². The fourth-order valence-electron chi connectivity index (χ4n) is 3.21. The van der Waals surface area contributed by atoms with Gasteiger partial charge in [-0.05, 0) is 31.0 Å². The first kappa shape index (κ1) is 20.9. The number of ether oxygens (including phenoxy) is 2. The van der Waals surface area contributed by atoms with E-state index in [0.717, 1.165) is 11.1 Å². The summed E-state index contributed by atoms with van der Waals surface area (Å²) in [7, 11) is 0. The Morgan fingerprint density at radius 1 is 1.14 bits per heavy atom. The molecule has 1 aliphatic rings. The number of carbonyl (C=O) groups is 2. The van der Waals surface area contributed by atoms with Crippen LogP contribution in [-0.2, 0) is 14.3 Å². The van der Waals surface area contributed by atoms with Gasteiger partial charge in [0.15, 0.2) is 6.61 Å². The maximum atomic E-state index is 12.5. The largest absolute Gasteiger partial charge is 0.484 e. The van der Waals surface area contributed by atoms with Crippen LogP contribution in [0.25, 0.3) is 0 Å². The lowest BCUT2D eigenvalue weighted by Gasteiger charge is -2.33. The number of carbonyl (C=O) groups excluding carboxylic acids is 2. The fraction of sp³-hybridized carbons (Fsp3) is 0.391. The summed E-state index contributed by atoms with van der Waals surface area (Å²) >= 11 is 0. The van der Waals surface area contributed by atoms with Gasteiger partial charge in [0.1, 0.15) is 11.9 Å². The van der Waals surface area contributed by atoms with Crippen molar-refractivity contribution in [2.45, 2.75) is 25.9 Å². The number of rotatable bonds is 8. The lowest BCUT2D eigenvalue weighted by molar-refractivity contribution is -0.139. The van der Waals surface area contributed by atoms with Gasteiger partial charge in [-0.3, -0.25) is 9.59 Å². The summed E-state index contributed by atoms with van der Waals surface area (Å²) < 4.78 is 11.3. The zero-order valence-corrected chi connectivity index (χ0v) is 16.8. The number of hydrogen-bond acceptors (Lipinski definition) is 4. The van der Waals surface area contributed by atoms with Crippen LogP contribution in [0.15, 0.2) is 54.6 Å². The lowest BCUT2D eigenvalue weighted by Crippen LogP contribution is -2.42. The predicted molar refractivity (Wildman–Crippen MR) is 111 cm³/mol. The Balaban J connectivity index is 1.33. The zero-order valence-electron chi connectivity index (χ0n) is 16.8. The molecule has 0 aliphatic carbocycles. The summed E-state index contributed by atoms with van der Waals surface area (Å²) in [5.41, 5.74) is 2.23. The molecule has 1 saturated heterocycles. The van der Waals surface area contributed by atoms with Crippen LogP contribution in [0.2, 0.25) is 0 Å². The third-order valence-corrected chi connectivity index (χ3v) is 4.87. The van der Waals surface area contributed by atoms with Crippen LogP contribution in [0, 0.1) is 6.92 Å². The molecule has 1 N–H and O–H groups in total. The second kappa shape index (κ2) is 10.6. The minimum atomic E-state index is -0.187. The lowest BCUT2D eigenvalue weighted by atomic mass is 10.1. The summed E-state index contributed by atoms with van der Waals surface area (Å²) in [5, 5.41) is 2.80. The van der Waals surface area contributed by atoms with Crippen LogP contribution >= 0.6 is 0 Å². The molecule has 0 bridgehead atoms. The molecule has 154 valence electrons. The maximum Gasteiger partial charge on any atom is 0.257 e. The highest BCUT2D eigenvalue weighted by atomic mass is 16.5. The quantitative estimate of drug-likeness (QED) is 0.697. The zero-order chi connectivity index (χ0) is 20.5. The van der Waals surface area contributed by atoms with Gasteiger partial charge < -0.3 is 19.7 Å². The van der Waals surface area contributed by atoms with Gasteiger partial charge in [0.05, 0.1) is 13.2 Å². The molecule has 1 heterocycles. The predicted octanol–water partition coefficient (Wildman–Crippen LogP) is 2.87. The van der Waals surface area contributed by atoms with Crippen molar-refractivity contribution >= 4 is 11.8 Å². The average molecular weight is 396 g/mol. The highest BCUT2D eigenvalue weighted by Gasteiger charge is 2.24. The maximum absolute atomic E-state index is 12.5. The third-order valence-electron chi connectivity index (χ3n) is 4.87. The van der Waals surface area contributed by atoms with Crippen LogP contribution < -0.4 is 10.1 Å². The van der Waals surface area contributed by atoms with Crippen molar-refractivity contribution in [3.05, 3.63) is 65.7 Å². The van der Waals surface area contributed by atoms with Crippen LogP contribution in [0.5, 0.6) is 5.75 Å². The van der Waals surface area contributed by atoms with Crippen molar-refractivity contribution in [3.63, 3.8) is 0 Å². The first-order valence-electron chi connectivity index (χ1n) is 10.0. The van der Waals surface area contributed by atoms with E-state index in [1.54, 1.807) is 0 Å². The molecule has 0 spiro atoms. The minimum Gasteiger partial charge on any atom is -0.484 e. The van der Waals surface area contributed by atoms with Crippen LogP contribution in [0.4, 0.5) is 0 Å². The van der Waals surface area contributed by atoms with E-state index in [2.05, 4.69) is 5.32 Å². The molecule has 6 heteroatoms. The van der Waals surface area contributed by atoms with E-state index in [-0.39, 0.29) is 24.5 Å². The van der Waals surface area contributed by atoms with Crippen LogP contribution in [-0.4, -0.2) is 49.6 Å². The van der Waals surface area contributed by atoms with Crippen molar-refractivity contribution in [3.8, 4) is 5.75 Å². The molecule has 29 heavy (non-hydrogen) atoms. The van der Waals surface area contributed by atoms with Crippen molar-refractivity contribution in [1.82, 2.24) is 10.2 Å². The minimum absolute atomic E-state index is 0.0285. The Hall–Kier alpha value is -2.86. The summed E-state index contributed by atoms with van der Waals surface area (Å²) in [4.78, 5) is 26.2. The van der Waals surface area contributed by atoms with Crippen LogP contribution in [0.3, 0.4) is 0 Å². The molecule has 3 rings (SSSR count). The van der Waals surface area contributed by atoms with E-state index in [4.69, 9.17) is 9.47 Å². The van der Waals surface area contributed by atoms with Gasteiger partial charge in [-0.25, -0.2) is 0 Å². The molecule has 6 nitrogen and oxygen atoms in total. The molecule has 1 fully saturated rings. The number of amides is 2. The summed E-state index contributed by atoms with van der Waals surface area (Å²) in [5.74, 6) is 0.578. The number of aryl methyl sites for hydroxylation is 1. The molecule has 0 radical (unpaired) electrons. The van der Waals surface area contributed by atoms with Crippen molar-refractivity contribution in [2.75, 3.05) is 32.8 Å². The number of morpholine rings is 1. The number of nitrogens with one attached hydrogen (secondary N) is 1. The average Bonchev–Trinajstić information content (AvgIpc) is 2.77. The molecule has 1 atom stereocenters. The summed E-state index contributed by atoms with van der Waals surface area (Å²) in [6.45, 7) is 4.14. The van der Waals surface area contributed by atoms with Crippen LogP contribution in [0.1, 0.15) is 30.1 Å². The van der Waals surface area contributed by atoms with Gasteiger partial charge >= 0.3 is 0 Å². The smallest absolute Gasteiger partial charge is 0.257 e. The van der Waals surface area contributed by atoms with Crippen molar-refractivity contribution < 1.29 is 19.1 Å². The Morgan fingerprint density at radius 3 is 2.66 bits per heavy atom. The first-order valence-corrected chi connectivity index (χ1v) is 10.0. The highest BCUT2D eigenvalue weighted by molar-refractivity contribution is 5.78. The van der Waals surface area contributed by atoms with E-state index >= 15 is 0 Å². The van der Waals surface area contributed by atoms with Crippen molar-refractivity contribution in [1.29, 1.82) is 0 Å². The summed E-state index contributed by atoms with van der Waals surface area (Å²) in [6, 6.07) is 17.5. The number of hydrogen-bond donors (Lipinski definition) is 1. The van der Waals surface area contributed by atoms with E-state index in [0.29, 0.717) is 44.8 Å². The van der Waals surface area contributed by atoms with E-state index in [9.17, 15) is 9.59 Å². The SMILES string of the molecule is Cc1ccc(OCC(=O)NCCCC(=O)N2CCOC(c3ccccc3)C2)cc1. The third kappa shape index (κ3) is 6.61. The molecular formula is C23H28N2O4. The molecule has 2 aromatic carbocycles. The molecular weight excluding hydrogens is 368 g/mol. The Labute approximate surface area is 171 Å². The molecule has 2 amide bonds. The van der Waals surface area contributed by atoms with Gasteiger partial charge in [-0.1, -0.05) is 48.0 Å². The van der Waals surface area contributed by atoms with E-state index in [1.807, 2.05) is 66.4 Å². The van der Waals surface area contributed by atoms with Gasteiger partial charge in [0, 0.05) is 19.5 Å². The molecule has 1 aliphatic heterocycles. The topological polar surface area (TPSA) is 67.9 Å². The molecule has 0 aromatic heterocycles. The first-order chi connectivity index (χ1) is 14.1. The Bertz CT molecular complexity index is 792. The van der Waals surface area contributed by atoms with Gasteiger partial charge in [-0.15, -0.1) is 0 Å².